The number of nitrogens with one attached hydrogen (secondary N) is 1. The van der Waals surface area contributed by atoms with Crippen molar-refractivity contribution in [2.75, 3.05) is 19.6 Å². The van der Waals surface area contributed by atoms with E-state index < -0.39 is 5.60 Å². The van der Waals surface area contributed by atoms with Crippen molar-refractivity contribution in [3.8, 4) is 0 Å². The van der Waals surface area contributed by atoms with E-state index in [-0.39, 0.29) is 30.1 Å². The molecule has 1 fully saturated rings. The average molecular weight is 475 g/mol. The molecule has 8 heteroatoms. The van der Waals surface area contributed by atoms with Gasteiger partial charge in [-0.05, 0) is 45.7 Å². The normalized spacial score (nSPS) is 14.3. The smallest absolute Gasteiger partial charge is 0.410 e. The van der Waals surface area contributed by atoms with E-state index >= 15 is 0 Å². The van der Waals surface area contributed by atoms with Gasteiger partial charge in [-0.2, -0.15) is 0 Å². The van der Waals surface area contributed by atoms with Crippen molar-refractivity contribution in [1.29, 1.82) is 0 Å². The van der Waals surface area contributed by atoms with Crippen molar-refractivity contribution in [3.63, 3.8) is 0 Å². The Balaban J connectivity index is 0.00000338. The fourth-order valence-electron chi connectivity index (χ4n) is 2.33. The standard InChI is InChI=1S/C18H29N5O2.HI/c1-18(2,3)25-17(24)23(15-7-8-15)13-12-22-16(19)21-11-9-14-6-4-5-10-20-14;/h4-6,10,15H,7-9,11-13H2,1-3H3,(H3,19,21,22);1H. The average Bonchev–Trinajstić information content (AvgIpc) is 3.35. The highest BCUT2D eigenvalue weighted by atomic mass is 127. The predicted molar refractivity (Wildman–Crippen MR) is 114 cm³/mol. The van der Waals surface area contributed by atoms with Gasteiger partial charge >= 0.3 is 6.09 Å². The van der Waals surface area contributed by atoms with Gasteiger partial charge in [0.25, 0.3) is 0 Å². The number of hydrogen-bond acceptors (Lipinski definition) is 4. The Morgan fingerprint density at radius 2 is 2.15 bits per heavy atom. The zero-order chi connectivity index (χ0) is 18.3. The van der Waals surface area contributed by atoms with E-state index in [9.17, 15) is 4.79 Å². The van der Waals surface area contributed by atoms with Crippen LogP contribution in [0.1, 0.15) is 39.3 Å². The Labute approximate surface area is 172 Å². The molecule has 7 nitrogen and oxygen atoms in total. The number of guanidine groups is 1. The molecule has 0 radical (unpaired) electrons. The third-order valence-corrected chi connectivity index (χ3v) is 3.65. The summed E-state index contributed by atoms with van der Waals surface area (Å²) in [7, 11) is 0. The fraction of sp³-hybridized carbons (Fsp3) is 0.611. The molecule has 1 aliphatic carbocycles. The van der Waals surface area contributed by atoms with Gasteiger partial charge in [0.15, 0.2) is 5.96 Å². The Hall–Kier alpha value is -1.58. The molecule has 0 bridgehead atoms. The molecule has 1 aromatic heterocycles. The number of nitrogens with two attached hydrogens (primary N) is 1. The van der Waals surface area contributed by atoms with E-state index in [1.165, 1.54) is 0 Å². The first kappa shape index (κ1) is 22.5. The quantitative estimate of drug-likeness (QED) is 0.359. The predicted octanol–water partition coefficient (Wildman–Crippen LogP) is 2.55. The molecule has 3 N–H and O–H groups in total. The number of ether oxygens (including phenoxy) is 1. The number of hydrogen-bond donors (Lipinski definition) is 2. The molecular weight excluding hydrogens is 445 g/mol. The summed E-state index contributed by atoms with van der Waals surface area (Å²) < 4.78 is 5.46. The summed E-state index contributed by atoms with van der Waals surface area (Å²) >= 11 is 0. The number of nitrogens with zero attached hydrogens (tertiary/aromatic N) is 3. The molecule has 1 saturated carbocycles. The molecular formula is C18H30IN5O2. The summed E-state index contributed by atoms with van der Waals surface area (Å²) in [5.41, 5.74) is 6.38. The van der Waals surface area contributed by atoms with Crippen LogP contribution >= 0.6 is 24.0 Å². The van der Waals surface area contributed by atoms with Gasteiger partial charge < -0.3 is 20.7 Å². The highest BCUT2D eigenvalue weighted by Gasteiger charge is 2.34. The Kier molecular flexibility index (Phi) is 9.11. The SMILES string of the molecule is CC(C)(C)OC(=O)N(CCNC(N)=NCCc1ccccn1)C1CC1.I. The number of pyridine rings is 1. The van der Waals surface area contributed by atoms with Crippen molar-refractivity contribution in [2.45, 2.75) is 51.7 Å². The maximum absolute atomic E-state index is 12.3. The number of carbonyl (C=O) groups excluding carboxylic acids is 1. The highest BCUT2D eigenvalue weighted by Crippen LogP contribution is 2.27. The number of carbonyl (C=O) groups is 1. The van der Waals surface area contributed by atoms with Gasteiger partial charge in [-0.15, -0.1) is 24.0 Å². The molecule has 2 rings (SSSR count). The van der Waals surface area contributed by atoms with Crippen LogP contribution in [0.25, 0.3) is 0 Å². The van der Waals surface area contributed by atoms with Crippen molar-refractivity contribution in [2.24, 2.45) is 10.7 Å². The number of aromatic nitrogens is 1. The molecule has 0 spiro atoms. The zero-order valence-corrected chi connectivity index (χ0v) is 18.1. The summed E-state index contributed by atoms with van der Waals surface area (Å²) in [5.74, 6) is 0.385. The van der Waals surface area contributed by atoms with Crippen LogP contribution in [0.4, 0.5) is 4.79 Å². The zero-order valence-electron chi connectivity index (χ0n) is 15.8. The van der Waals surface area contributed by atoms with E-state index in [1.54, 1.807) is 11.1 Å². The lowest BCUT2D eigenvalue weighted by Crippen LogP contribution is -2.44. The van der Waals surface area contributed by atoms with Crippen molar-refractivity contribution >= 4 is 36.0 Å². The Morgan fingerprint density at radius 1 is 1.42 bits per heavy atom. The summed E-state index contributed by atoms with van der Waals surface area (Å²) in [5, 5.41) is 3.06. The van der Waals surface area contributed by atoms with Crippen LogP contribution in [0.5, 0.6) is 0 Å². The van der Waals surface area contributed by atoms with Crippen LogP contribution in [0.2, 0.25) is 0 Å². The molecule has 26 heavy (non-hydrogen) atoms. The molecule has 1 heterocycles. The van der Waals surface area contributed by atoms with Crippen molar-refractivity contribution in [1.82, 2.24) is 15.2 Å². The molecule has 0 unspecified atom stereocenters. The lowest BCUT2D eigenvalue weighted by Gasteiger charge is -2.27. The number of amides is 1. The van der Waals surface area contributed by atoms with Crippen molar-refractivity contribution < 1.29 is 9.53 Å². The molecule has 0 saturated heterocycles. The minimum atomic E-state index is -0.483. The van der Waals surface area contributed by atoms with Gasteiger partial charge in [0.2, 0.25) is 0 Å². The van der Waals surface area contributed by atoms with Crippen LogP contribution in [-0.2, 0) is 11.2 Å². The molecule has 146 valence electrons. The minimum Gasteiger partial charge on any atom is -0.444 e. The van der Waals surface area contributed by atoms with E-state index in [4.69, 9.17) is 10.5 Å². The topological polar surface area (TPSA) is 92.8 Å². The third kappa shape index (κ3) is 8.68. The molecule has 1 aromatic rings. The Morgan fingerprint density at radius 3 is 2.73 bits per heavy atom. The van der Waals surface area contributed by atoms with Crippen LogP contribution in [0.3, 0.4) is 0 Å². The Bertz CT molecular complexity index is 585. The van der Waals surface area contributed by atoms with E-state index in [0.717, 1.165) is 25.0 Å². The lowest BCUT2D eigenvalue weighted by molar-refractivity contribution is 0.0238. The van der Waals surface area contributed by atoms with Crippen molar-refractivity contribution in [3.05, 3.63) is 30.1 Å². The summed E-state index contributed by atoms with van der Waals surface area (Å²) in [6.45, 7) is 7.31. The largest absolute Gasteiger partial charge is 0.444 e. The first-order valence-electron chi connectivity index (χ1n) is 8.78. The third-order valence-electron chi connectivity index (χ3n) is 3.65. The minimum absolute atomic E-state index is 0. The fourth-order valence-corrected chi connectivity index (χ4v) is 2.33. The molecule has 1 aliphatic rings. The molecule has 0 atom stereocenters. The number of rotatable bonds is 7. The highest BCUT2D eigenvalue weighted by molar-refractivity contribution is 14.0. The van der Waals surface area contributed by atoms with Crippen LogP contribution in [-0.4, -0.2) is 53.2 Å². The monoisotopic (exact) mass is 475 g/mol. The van der Waals surface area contributed by atoms with Crippen LogP contribution in [0, 0.1) is 0 Å². The first-order chi connectivity index (χ1) is 11.8. The lowest BCUT2D eigenvalue weighted by atomic mass is 10.2. The van der Waals surface area contributed by atoms with Gasteiger partial charge in [-0.25, -0.2) is 4.79 Å². The van der Waals surface area contributed by atoms with E-state index in [0.29, 0.717) is 31.6 Å². The summed E-state index contributed by atoms with van der Waals surface area (Å²) in [4.78, 5) is 22.6. The summed E-state index contributed by atoms with van der Waals surface area (Å²) in [6, 6.07) is 6.10. The molecule has 1 amide bonds. The second-order valence-corrected chi connectivity index (χ2v) is 7.17. The maximum atomic E-state index is 12.3. The van der Waals surface area contributed by atoms with Crippen LogP contribution in [0.15, 0.2) is 29.4 Å². The number of aliphatic imine (C=N–C) groups is 1. The molecule has 0 aromatic carbocycles. The molecule has 0 aliphatic heterocycles. The first-order valence-corrected chi connectivity index (χ1v) is 8.78. The van der Waals surface area contributed by atoms with Gasteiger partial charge in [-0.1, -0.05) is 6.07 Å². The van der Waals surface area contributed by atoms with E-state index in [1.807, 2.05) is 39.0 Å². The van der Waals surface area contributed by atoms with Gasteiger partial charge in [-0.3, -0.25) is 9.98 Å². The second-order valence-electron chi connectivity index (χ2n) is 7.17. The summed E-state index contributed by atoms with van der Waals surface area (Å²) in [6.07, 6.45) is 4.32. The van der Waals surface area contributed by atoms with Crippen LogP contribution < -0.4 is 11.1 Å². The second kappa shape index (κ2) is 10.5. The maximum Gasteiger partial charge on any atom is 0.410 e. The van der Waals surface area contributed by atoms with Gasteiger partial charge in [0, 0.05) is 44.0 Å². The van der Waals surface area contributed by atoms with Gasteiger partial charge in [0.1, 0.15) is 5.60 Å². The number of halogens is 1. The van der Waals surface area contributed by atoms with Gasteiger partial charge in [0.05, 0.1) is 0 Å². The van der Waals surface area contributed by atoms with E-state index in [2.05, 4.69) is 15.3 Å².